The van der Waals surface area contributed by atoms with Crippen molar-refractivity contribution in [2.45, 2.75) is 0 Å². The number of ether oxygens (including phenoxy) is 1. The number of methoxy groups -OCH3 is 1. The second-order valence-corrected chi connectivity index (χ2v) is 5.54. The molecule has 0 radical (unpaired) electrons. The Morgan fingerprint density at radius 1 is 1.00 bits per heavy atom. The molecular formula is C18H14O2S. The normalized spacial score (nSPS) is 10.3. The molecule has 0 saturated heterocycles. The van der Waals surface area contributed by atoms with Crippen LogP contribution in [-0.4, -0.2) is 12.9 Å². The maximum absolute atomic E-state index is 12.5. The largest absolute Gasteiger partial charge is 0.496 e. The molecule has 21 heavy (non-hydrogen) atoms. The monoisotopic (exact) mass is 294 g/mol. The Kier molecular flexibility index (Phi) is 3.84. The third-order valence-electron chi connectivity index (χ3n) is 3.29. The molecule has 3 aromatic rings. The van der Waals surface area contributed by atoms with Crippen LogP contribution in [0.4, 0.5) is 0 Å². The van der Waals surface area contributed by atoms with E-state index in [0.717, 1.165) is 21.8 Å². The van der Waals surface area contributed by atoms with Crippen molar-refractivity contribution in [3.8, 4) is 16.9 Å². The maximum Gasteiger partial charge on any atom is 0.202 e. The Labute approximate surface area is 127 Å². The van der Waals surface area contributed by atoms with Crippen LogP contribution < -0.4 is 4.74 Å². The lowest BCUT2D eigenvalue weighted by Gasteiger charge is -2.10. The number of ketones is 1. The summed E-state index contributed by atoms with van der Waals surface area (Å²) < 4.78 is 5.42. The van der Waals surface area contributed by atoms with Crippen LogP contribution in [0.1, 0.15) is 15.2 Å². The van der Waals surface area contributed by atoms with Gasteiger partial charge in [-0.05, 0) is 35.2 Å². The van der Waals surface area contributed by atoms with Crippen molar-refractivity contribution < 1.29 is 9.53 Å². The summed E-state index contributed by atoms with van der Waals surface area (Å²) in [5, 5.41) is 1.91. The van der Waals surface area contributed by atoms with Crippen molar-refractivity contribution in [3.05, 3.63) is 76.5 Å². The lowest BCUT2D eigenvalue weighted by Crippen LogP contribution is -1.99. The summed E-state index contributed by atoms with van der Waals surface area (Å²) in [4.78, 5) is 13.2. The molecule has 2 aromatic carbocycles. The second kappa shape index (κ2) is 5.94. The predicted molar refractivity (Wildman–Crippen MR) is 86.2 cm³/mol. The van der Waals surface area contributed by atoms with E-state index >= 15 is 0 Å². The zero-order valence-electron chi connectivity index (χ0n) is 11.6. The van der Waals surface area contributed by atoms with Gasteiger partial charge in [0.15, 0.2) is 0 Å². The highest BCUT2D eigenvalue weighted by molar-refractivity contribution is 7.12. The van der Waals surface area contributed by atoms with E-state index in [9.17, 15) is 4.79 Å². The maximum atomic E-state index is 12.5. The quantitative estimate of drug-likeness (QED) is 0.654. The van der Waals surface area contributed by atoms with E-state index in [1.807, 2.05) is 66.0 Å². The number of thiophene rings is 1. The van der Waals surface area contributed by atoms with Crippen LogP contribution in [-0.2, 0) is 0 Å². The fraction of sp³-hybridized carbons (Fsp3) is 0.0556. The summed E-state index contributed by atoms with van der Waals surface area (Å²) in [6.45, 7) is 0. The van der Waals surface area contributed by atoms with Crippen LogP contribution in [0, 0.1) is 0 Å². The molecular weight excluding hydrogens is 280 g/mol. The van der Waals surface area contributed by atoms with Gasteiger partial charge < -0.3 is 4.74 Å². The van der Waals surface area contributed by atoms with Crippen molar-refractivity contribution in [3.63, 3.8) is 0 Å². The molecule has 104 valence electrons. The minimum absolute atomic E-state index is 0.0461. The van der Waals surface area contributed by atoms with Gasteiger partial charge in [0.2, 0.25) is 5.78 Å². The molecule has 0 unspecified atom stereocenters. The summed E-state index contributed by atoms with van der Waals surface area (Å²) >= 11 is 1.46. The molecule has 0 N–H and O–H groups in total. The van der Waals surface area contributed by atoms with Crippen LogP contribution in [0.25, 0.3) is 11.1 Å². The van der Waals surface area contributed by atoms with Gasteiger partial charge in [-0.3, -0.25) is 4.79 Å². The van der Waals surface area contributed by atoms with E-state index in [4.69, 9.17) is 4.74 Å². The molecule has 0 amide bonds. The average molecular weight is 294 g/mol. The van der Waals surface area contributed by atoms with Crippen molar-refractivity contribution in [2.24, 2.45) is 0 Å². The lowest BCUT2D eigenvalue weighted by molar-refractivity contribution is 0.104. The first-order valence-electron chi connectivity index (χ1n) is 6.61. The standard InChI is InChI=1S/C18H14O2S/c1-20-16-10-9-14(18(19)17-8-5-11-21-17)12-15(16)13-6-3-2-4-7-13/h2-12H,1H3. The Morgan fingerprint density at radius 3 is 2.48 bits per heavy atom. The molecule has 3 rings (SSSR count). The molecule has 3 heteroatoms. The highest BCUT2D eigenvalue weighted by atomic mass is 32.1. The zero-order valence-corrected chi connectivity index (χ0v) is 12.4. The van der Waals surface area contributed by atoms with Crippen molar-refractivity contribution in [1.82, 2.24) is 0 Å². The van der Waals surface area contributed by atoms with Gasteiger partial charge in [-0.1, -0.05) is 36.4 Å². The Hall–Kier alpha value is -2.39. The van der Waals surface area contributed by atoms with E-state index in [1.165, 1.54) is 11.3 Å². The van der Waals surface area contributed by atoms with E-state index < -0.39 is 0 Å². The molecule has 0 saturated carbocycles. The number of carbonyl (C=O) groups excluding carboxylic acids is 1. The minimum atomic E-state index is 0.0461. The highest BCUT2D eigenvalue weighted by Crippen LogP contribution is 2.31. The van der Waals surface area contributed by atoms with Gasteiger partial charge in [0, 0.05) is 11.1 Å². The van der Waals surface area contributed by atoms with Gasteiger partial charge in [-0.15, -0.1) is 11.3 Å². The van der Waals surface area contributed by atoms with E-state index in [1.54, 1.807) is 7.11 Å². The molecule has 1 heterocycles. The molecule has 0 bridgehead atoms. The average Bonchev–Trinajstić information content (AvgIpc) is 3.09. The molecule has 0 atom stereocenters. The Bertz CT molecular complexity index is 746. The second-order valence-electron chi connectivity index (χ2n) is 4.59. The number of hydrogen-bond acceptors (Lipinski definition) is 3. The van der Waals surface area contributed by atoms with Gasteiger partial charge in [0.05, 0.1) is 12.0 Å². The smallest absolute Gasteiger partial charge is 0.202 e. The topological polar surface area (TPSA) is 26.3 Å². The van der Waals surface area contributed by atoms with Crippen LogP contribution >= 0.6 is 11.3 Å². The van der Waals surface area contributed by atoms with Crippen molar-refractivity contribution in [2.75, 3.05) is 7.11 Å². The van der Waals surface area contributed by atoms with E-state index in [0.29, 0.717) is 5.56 Å². The minimum Gasteiger partial charge on any atom is -0.496 e. The summed E-state index contributed by atoms with van der Waals surface area (Å²) in [5.41, 5.74) is 2.65. The van der Waals surface area contributed by atoms with Crippen molar-refractivity contribution >= 4 is 17.1 Å². The number of rotatable bonds is 4. The predicted octanol–water partition coefficient (Wildman–Crippen LogP) is 4.65. The highest BCUT2D eigenvalue weighted by Gasteiger charge is 2.13. The summed E-state index contributed by atoms with van der Waals surface area (Å²) in [6.07, 6.45) is 0. The van der Waals surface area contributed by atoms with Gasteiger partial charge in [0.1, 0.15) is 5.75 Å². The first kappa shape index (κ1) is 13.6. The Morgan fingerprint density at radius 2 is 1.81 bits per heavy atom. The molecule has 2 nitrogen and oxygen atoms in total. The summed E-state index contributed by atoms with van der Waals surface area (Å²) in [6, 6.07) is 19.2. The SMILES string of the molecule is COc1ccc(C(=O)c2cccs2)cc1-c1ccccc1. The van der Waals surface area contributed by atoms with Crippen LogP contribution in [0.5, 0.6) is 5.75 Å². The van der Waals surface area contributed by atoms with Crippen LogP contribution in [0.15, 0.2) is 66.0 Å². The summed E-state index contributed by atoms with van der Waals surface area (Å²) in [5.74, 6) is 0.814. The van der Waals surface area contributed by atoms with Gasteiger partial charge >= 0.3 is 0 Å². The van der Waals surface area contributed by atoms with E-state index in [2.05, 4.69) is 0 Å². The molecule has 0 aliphatic carbocycles. The Balaban J connectivity index is 2.07. The number of hydrogen-bond donors (Lipinski definition) is 0. The first-order valence-corrected chi connectivity index (χ1v) is 7.49. The first-order chi connectivity index (χ1) is 10.3. The molecule has 1 aromatic heterocycles. The molecule has 0 aliphatic heterocycles. The molecule has 0 fully saturated rings. The van der Waals surface area contributed by atoms with Crippen LogP contribution in [0.3, 0.4) is 0 Å². The third kappa shape index (κ3) is 2.73. The summed E-state index contributed by atoms with van der Waals surface area (Å²) in [7, 11) is 1.64. The fourth-order valence-electron chi connectivity index (χ4n) is 2.24. The van der Waals surface area contributed by atoms with Gasteiger partial charge in [-0.2, -0.15) is 0 Å². The number of benzene rings is 2. The third-order valence-corrected chi connectivity index (χ3v) is 4.16. The number of carbonyl (C=O) groups is 1. The van der Waals surface area contributed by atoms with Crippen molar-refractivity contribution in [1.29, 1.82) is 0 Å². The molecule has 0 spiro atoms. The van der Waals surface area contributed by atoms with Crippen LogP contribution in [0.2, 0.25) is 0 Å². The lowest BCUT2D eigenvalue weighted by atomic mass is 9.99. The van der Waals surface area contributed by atoms with E-state index in [-0.39, 0.29) is 5.78 Å². The van der Waals surface area contributed by atoms with Gasteiger partial charge in [0.25, 0.3) is 0 Å². The van der Waals surface area contributed by atoms with Gasteiger partial charge in [-0.25, -0.2) is 0 Å². The molecule has 0 aliphatic rings. The zero-order chi connectivity index (χ0) is 14.7. The fourth-order valence-corrected chi connectivity index (χ4v) is 2.93.